The summed E-state index contributed by atoms with van der Waals surface area (Å²) >= 11 is 0. The molecule has 0 aromatic rings. The Labute approximate surface area is 387 Å². The molecule has 358 valence electrons. The lowest BCUT2D eigenvalue weighted by atomic mass is 10.0. The maximum Gasteiger partial charge on any atom is 0.306 e. The molecule has 0 saturated heterocycles. The molecule has 0 spiro atoms. The van der Waals surface area contributed by atoms with Gasteiger partial charge in [0.1, 0.15) is 13.2 Å². The first-order chi connectivity index (χ1) is 31.0. The van der Waals surface area contributed by atoms with Gasteiger partial charge < -0.3 is 14.2 Å². The SMILES string of the molecule is CC/C=C\C/C=C\C/C=C\C/C=C\C/C=C\CCCC(=O)OCC(COC(=O)CCCCCCCCCCCCCCC)OC(=O)CCCCCCC/C=C\C/C=C\C/C=C\CC. The zero-order chi connectivity index (χ0) is 45.8. The van der Waals surface area contributed by atoms with Crippen LogP contribution in [-0.4, -0.2) is 37.2 Å². The smallest absolute Gasteiger partial charge is 0.306 e. The third kappa shape index (κ3) is 49.2. The fourth-order valence-corrected chi connectivity index (χ4v) is 6.79. The first kappa shape index (κ1) is 59.3. The molecule has 0 aliphatic carbocycles. The van der Waals surface area contributed by atoms with Gasteiger partial charge in [0, 0.05) is 19.3 Å². The molecule has 0 aliphatic rings. The average Bonchev–Trinajstić information content (AvgIpc) is 3.28. The third-order valence-corrected chi connectivity index (χ3v) is 10.6. The predicted molar refractivity (Wildman–Crippen MR) is 270 cm³/mol. The molecular weight excluding hydrogens is 781 g/mol. The van der Waals surface area contributed by atoms with Gasteiger partial charge in [-0.1, -0.05) is 214 Å². The second kappa shape index (κ2) is 51.0. The van der Waals surface area contributed by atoms with E-state index in [1.54, 1.807) is 0 Å². The Morgan fingerprint density at radius 3 is 1.03 bits per heavy atom. The van der Waals surface area contributed by atoms with Crippen molar-refractivity contribution in [3.8, 4) is 0 Å². The van der Waals surface area contributed by atoms with Gasteiger partial charge in [-0.3, -0.25) is 14.4 Å². The lowest BCUT2D eigenvalue weighted by molar-refractivity contribution is -0.167. The molecule has 63 heavy (non-hydrogen) atoms. The van der Waals surface area contributed by atoms with Crippen molar-refractivity contribution in [3.63, 3.8) is 0 Å². The van der Waals surface area contributed by atoms with Crippen LogP contribution in [0.2, 0.25) is 0 Å². The molecule has 0 aliphatic heterocycles. The zero-order valence-corrected chi connectivity index (χ0v) is 40.8. The Morgan fingerprint density at radius 1 is 0.333 bits per heavy atom. The highest BCUT2D eigenvalue weighted by Gasteiger charge is 2.19. The van der Waals surface area contributed by atoms with E-state index in [1.165, 1.54) is 64.2 Å². The van der Waals surface area contributed by atoms with E-state index in [2.05, 4.69) is 118 Å². The first-order valence-corrected chi connectivity index (χ1v) is 25.7. The molecule has 0 saturated carbocycles. The van der Waals surface area contributed by atoms with Crippen molar-refractivity contribution >= 4 is 17.9 Å². The van der Waals surface area contributed by atoms with Gasteiger partial charge in [-0.05, 0) is 89.9 Å². The monoisotopic (exact) mass is 875 g/mol. The molecule has 0 bridgehead atoms. The molecule has 0 N–H and O–H groups in total. The number of carbonyl (C=O) groups is 3. The second-order valence-corrected chi connectivity index (χ2v) is 16.7. The number of allylic oxidation sites excluding steroid dienone is 16. The van der Waals surface area contributed by atoms with Crippen LogP contribution in [0.3, 0.4) is 0 Å². The molecule has 0 fully saturated rings. The topological polar surface area (TPSA) is 78.9 Å². The Balaban J connectivity index is 4.51. The van der Waals surface area contributed by atoms with Crippen LogP contribution in [0.15, 0.2) is 97.2 Å². The van der Waals surface area contributed by atoms with Gasteiger partial charge in [0.2, 0.25) is 0 Å². The summed E-state index contributed by atoms with van der Waals surface area (Å²) in [5.41, 5.74) is 0. The Kier molecular flexibility index (Phi) is 48.0. The summed E-state index contributed by atoms with van der Waals surface area (Å²) in [6.45, 7) is 6.34. The van der Waals surface area contributed by atoms with Crippen LogP contribution in [-0.2, 0) is 28.6 Å². The molecular formula is C57H94O6. The number of hydrogen-bond donors (Lipinski definition) is 0. The van der Waals surface area contributed by atoms with Crippen molar-refractivity contribution in [3.05, 3.63) is 97.2 Å². The fourth-order valence-electron chi connectivity index (χ4n) is 6.79. The molecule has 6 nitrogen and oxygen atoms in total. The molecule has 1 atom stereocenters. The van der Waals surface area contributed by atoms with Crippen LogP contribution in [0, 0.1) is 0 Å². The Bertz CT molecular complexity index is 1280. The number of carbonyl (C=O) groups excluding carboxylic acids is 3. The van der Waals surface area contributed by atoms with Gasteiger partial charge in [0.05, 0.1) is 0 Å². The minimum absolute atomic E-state index is 0.102. The summed E-state index contributed by atoms with van der Waals surface area (Å²) in [6.07, 6.45) is 66.8. The van der Waals surface area contributed by atoms with Gasteiger partial charge in [0.25, 0.3) is 0 Å². The molecule has 0 aromatic heterocycles. The number of esters is 3. The van der Waals surface area contributed by atoms with E-state index in [0.29, 0.717) is 19.3 Å². The average molecular weight is 875 g/mol. The van der Waals surface area contributed by atoms with Crippen LogP contribution < -0.4 is 0 Å². The van der Waals surface area contributed by atoms with Crippen molar-refractivity contribution in [1.82, 2.24) is 0 Å². The zero-order valence-electron chi connectivity index (χ0n) is 40.8. The number of rotatable bonds is 45. The van der Waals surface area contributed by atoms with E-state index in [-0.39, 0.29) is 37.5 Å². The summed E-state index contributed by atoms with van der Waals surface area (Å²) in [4.78, 5) is 38.0. The van der Waals surface area contributed by atoms with Gasteiger partial charge in [-0.2, -0.15) is 0 Å². The molecule has 0 heterocycles. The highest BCUT2D eigenvalue weighted by Crippen LogP contribution is 2.14. The Hall–Kier alpha value is -3.67. The lowest BCUT2D eigenvalue weighted by Crippen LogP contribution is -2.30. The van der Waals surface area contributed by atoms with Crippen molar-refractivity contribution in [2.75, 3.05) is 13.2 Å². The van der Waals surface area contributed by atoms with E-state index in [4.69, 9.17) is 14.2 Å². The maximum absolute atomic E-state index is 12.8. The lowest BCUT2D eigenvalue weighted by Gasteiger charge is -2.18. The summed E-state index contributed by atoms with van der Waals surface area (Å²) in [6, 6.07) is 0. The van der Waals surface area contributed by atoms with Crippen LogP contribution in [0.25, 0.3) is 0 Å². The van der Waals surface area contributed by atoms with Gasteiger partial charge >= 0.3 is 17.9 Å². The molecule has 0 amide bonds. The molecule has 1 unspecified atom stereocenters. The van der Waals surface area contributed by atoms with E-state index in [9.17, 15) is 14.4 Å². The van der Waals surface area contributed by atoms with Gasteiger partial charge in [0.15, 0.2) is 6.10 Å². The first-order valence-electron chi connectivity index (χ1n) is 25.7. The van der Waals surface area contributed by atoms with E-state index in [1.807, 2.05) is 0 Å². The number of unbranched alkanes of at least 4 members (excludes halogenated alkanes) is 18. The van der Waals surface area contributed by atoms with E-state index < -0.39 is 6.10 Å². The minimum Gasteiger partial charge on any atom is -0.462 e. The normalized spacial score (nSPS) is 12.9. The van der Waals surface area contributed by atoms with Gasteiger partial charge in [-0.15, -0.1) is 0 Å². The molecule has 0 aromatic carbocycles. The summed E-state index contributed by atoms with van der Waals surface area (Å²) in [5, 5.41) is 0. The van der Waals surface area contributed by atoms with Crippen LogP contribution in [0.4, 0.5) is 0 Å². The largest absolute Gasteiger partial charge is 0.462 e. The van der Waals surface area contributed by atoms with Crippen LogP contribution in [0.5, 0.6) is 0 Å². The molecule has 0 rings (SSSR count). The van der Waals surface area contributed by atoms with Crippen molar-refractivity contribution < 1.29 is 28.6 Å². The van der Waals surface area contributed by atoms with Crippen LogP contribution >= 0.6 is 0 Å². The summed E-state index contributed by atoms with van der Waals surface area (Å²) in [5.74, 6) is -0.982. The number of hydrogen-bond acceptors (Lipinski definition) is 6. The second-order valence-electron chi connectivity index (χ2n) is 16.7. The Morgan fingerprint density at radius 2 is 0.635 bits per heavy atom. The summed E-state index contributed by atoms with van der Waals surface area (Å²) < 4.78 is 16.7. The van der Waals surface area contributed by atoms with Gasteiger partial charge in [-0.25, -0.2) is 0 Å². The van der Waals surface area contributed by atoms with Crippen molar-refractivity contribution in [2.24, 2.45) is 0 Å². The van der Waals surface area contributed by atoms with Crippen molar-refractivity contribution in [2.45, 2.75) is 232 Å². The van der Waals surface area contributed by atoms with Crippen molar-refractivity contribution in [1.29, 1.82) is 0 Å². The summed E-state index contributed by atoms with van der Waals surface area (Å²) in [7, 11) is 0. The minimum atomic E-state index is -0.808. The fraction of sp³-hybridized carbons (Fsp3) is 0.667. The van der Waals surface area contributed by atoms with E-state index in [0.717, 1.165) is 116 Å². The van der Waals surface area contributed by atoms with Crippen LogP contribution in [0.1, 0.15) is 226 Å². The maximum atomic E-state index is 12.8. The van der Waals surface area contributed by atoms with E-state index >= 15 is 0 Å². The highest BCUT2D eigenvalue weighted by atomic mass is 16.6. The quantitative estimate of drug-likeness (QED) is 0.0262. The third-order valence-electron chi connectivity index (χ3n) is 10.6. The number of ether oxygens (including phenoxy) is 3. The highest BCUT2D eigenvalue weighted by molar-refractivity contribution is 5.71. The predicted octanol–water partition coefficient (Wildman–Crippen LogP) is 17.0. The molecule has 0 radical (unpaired) electrons. The molecule has 6 heteroatoms. The standard InChI is InChI=1S/C57H94O6/c1-4-7-10-13-16-19-22-25-27-28-30-32-35-38-41-44-47-50-56(59)62-53-54(52-61-55(58)49-46-43-40-37-34-31-24-21-18-15-12-9-6-3)63-57(60)51-48-45-42-39-36-33-29-26-23-20-17-14-11-8-5-2/h7-8,10-11,16-17,19-20,25-27,29-30,32,38,41,54H,4-6,9,12-15,18,21-24,28,31,33-37,39-40,42-53H2,1-3H3/b10-7-,11-8-,19-16-,20-17-,27-25-,29-26-,32-30-,41-38-.